The standard InChI is InChI=1S/C16H28N2O2/c19-13-15(8-9-15)14(20)17-12-16(6-2-3-7-16)18-10-4-1-5-11-18/h19H,1-13H2,(H,17,20). The van der Waals surface area contributed by atoms with Crippen LogP contribution in [0.15, 0.2) is 0 Å². The van der Waals surface area contributed by atoms with E-state index in [0.717, 1.165) is 19.4 Å². The lowest BCUT2D eigenvalue weighted by Gasteiger charge is -2.44. The fourth-order valence-electron chi connectivity index (χ4n) is 4.05. The number of carbonyl (C=O) groups excluding carboxylic acids is 1. The molecule has 4 heteroatoms. The first-order chi connectivity index (χ1) is 9.71. The lowest BCUT2D eigenvalue weighted by Crippen LogP contribution is -2.56. The number of piperidine rings is 1. The average molecular weight is 280 g/mol. The Balaban J connectivity index is 1.61. The lowest BCUT2D eigenvalue weighted by atomic mass is 9.91. The Morgan fingerprint density at radius 3 is 2.20 bits per heavy atom. The molecule has 2 N–H and O–H groups in total. The van der Waals surface area contributed by atoms with Crippen molar-refractivity contribution in [2.75, 3.05) is 26.2 Å². The minimum atomic E-state index is -0.429. The van der Waals surface area contributed by atoms with Gasteiger partial charge in [0.15, 0.2) is 0 Å². The highest BCUT2D eigenvalue weighted by Crippen LogP contribution is 2.45. The topological polar surface area (TPSA) is 52.6 Å². The molecule has 0 aromatic rings. The van der Waals surface area contributed by atoms with E-state index >= 15 is 0 Å². The molecular weight excluding hydrogens is 252 g/mol. The van der Waals surface area contributed by atoms with Gasteiger partial charge in [-0.25, -0.2) is 0 Å². The Labute approximate surface area is 121 Å². The Hall–Kier alpha value is -0.610. The summed E-state index contributed by atoms with van der Waals surface area (Å²) >= 11 is 0. The van der Waals surface area contributed by atoms with E-state index in [4.69, 9.17) is 0 Å². The van der Waals surface area contributed by atoms with E-state index in [1.54, 1.807) is 0 Å². The maximum Gasteiger partial charge on any atom is 0.228 e. The first-order valence-electron chi connectivity index (χ1n) is 8.35. The predicted octanol–water partition coefficient (Wildman–Crippen LogP) is 1.67. The van der Waals surface area contributed by atoms with Gasteiger partial charge in [0, 0.05) is 12.1 Å². The molecule has 0 aromatic heterocycles. The van der Waals surface area contributed by atoms with E-state index in [1.165, 1.54) is 58.0 Å². The van der Waals surface area contributed by atoms with Gasteiger partial charge >= 0.3 is 0 Å². The van der Waals surface area contributed by atoms with Gasteiger partial charge < -0.3 is 10.4 Å². The van der Waals surface area contributed by atoms with Crippen molar-refractivity contribution in [2.24, 2.45) is 5.41 Å². The van der Waals surface area contributed by atoms with Gasteiger partial charge in [-0.05, 0) is 51.6 Å². The van der Waals surface area contributed by atoms with Crippen LogP contribution in [-0.4, -0.2) is 47.7 Å². The SMILES string of the molecule is O=C(NCC1(N2CCCCC2)CCCC1)C1(CO)CC1. The second-order valence-corrected chi connectivity index (χ2v) is 7.10. The summed E-state index contributed by atoms with van der Waals surface area (Å²) in [5.74, 6) is 0.0864. The molecule has 2 aliphatic carbocycles. The van der Waals surface area contributed by atoms with E-state index in [0.29, 0.717) is 0 Å². The van der Waals surface area contributed by atoms with Crippen molar-refractivity contribution >= 4 is 5.91 Å². The van der Waals surface area contributed by atoms with Crippen LogP contribution in [0.1, 0.15) is 57.8 Å². The molecule has 4 nitrogen and oxygen atoms in total. The van der Waals surface area contributed by atoms with Crippen molar-refractivity contribution < 1.29 is 9.90 Å². The molecule has 2 saturated carbocycles. The van der Waals surface area contributed by atoms with E-state index < -0.39 is 5.41 Å². The van der Waals surface area contributed by atoms with E-state index in [1.807, 2.05) is 0 Å². The monoisotopic (exact) mass is 280 g/mol. The van der Waals surface area contributed by atoms with E-state index in [2.05, 4.69) is 10.2 Å². The number of carbonyl (C=O) groups is 1. The van der Waals surface area contributed by atoms with Gasteiger partial charge in [-0.15, -0.1) is 0 Å². The summed E-state index contributed by atoms with van der Waals surface area (Å²) in [6, 6.07) is 0. The molecule has 1 heterocycles. The highest BCUT2D eigenvalue weighted by atomic mass is 16.3. The molecule has 1 saturated heterocycles. The number of aliphatic hydroxyl groups is 1. The summed E-state index contributed by atoms with van der Waals surface area (Å²) in [5.41, 5.74) is -0.219. The minimum absolute atomic E-state index is 0.00947. The third-order valence-electron chi connectivity index (χ3n) is 5.78. The van der Waals surface area contributed by atoms with Crippen LogP contribution in [0.5, 0.6) is 0 Å². The molecule has 0 unspecified atom stereocenters. The van der Waals surface area contributed by atoms with Crippen molar-refractivity contribution in [2.45, 2.75) is 63.3 Å². The zero-order chi connectivity index (χ0) is 14.1. The van der Waals surface area contributed by atoms with Gasteiger partial charge in [-0.1, -0.05) is 19.3 Å². The lowest BCUT2D eigenvalue weighted by molar-refractivity contribution is -0.128. The van der Waals surface area contributed by atoms with E-state index in [9.17, 15) is 9.90 Å². The molecule has 0 radical (unpaired) electrons. The maximum absolute atomic E-state index is 12.3. The normalized spacial score (nSPS) is 28.2. The summed E-state index contributed by atoms with van der Waals surface area (Å²) in [6.45, 7) is 3.19. The average Bonchev–Trinajstić information content (AvgIpc) is 3.17. The van der Waals surface area contributed by atoms with Gasteiger partial charge in [0.25, 0.3) is 0 Å². The number of amides is 1. The molecule has 0 aromatic carbocycles. The predicted molar refractivity (Wildman–Crippen MR) is 78.4 cm³/mol. The number of hydrogen-bond donors (Lipinski definition) is 2. The van der Waals surface area contributed by atoms with Crippen LogP contribution in [0.2, 0.25) is 0 Å². The number of nitrogens with zero attached hydrogens (tertiary/aromatic N) is 1. The highest BCUT2D eigenvalue weighted by molar-refractivity contribution is 5.85. The van der Waals surface area contributed by atoms with Gasteiger partial charge in [0.1, 0.15) is 0 Å². The van der Waals surface area contributed by atoms with Crippen molar-refractivity contribution in [1.82, 2.24) is 10.2 Å². The second-order valence-electron chi connectivity index (χ2n) is 7.10. The van der Waals surface area contributed by atoms with E-state index in [-0.39, 0.29) is 18.1 Å². The Morgan fingerprint density at radius 1 is 1.00 bits per heavy atom. The van der Waals surface area contributed by atoms with Crippen LogP contribution in [-0.2, 0) is 4.79 Å². The van der Waals surface area contributed by atoms with Crippen molar-refractivity contribution in [3.63, 3.8) is 0 Å². The molecule has 3 aliphatic rings. The van der Waals surface area contributed by atoms with Crippen molar-refractivity contribution in [1.29, 1.82) is 0 Å². The molecule has 114 valence electrons. The smallest absolute Gasteiger partial charge is 0.228 e. The highest BCUT2D eigenvalue weighted by Gasteiger charge is 2.50. The molecule has 20 heavy (non-hydrogen) atoms. The Morgan fingerprint density at radius 2 is 1.65 bits per heavy atom. The summed E-state index contributed by atoms with van der Waals surface area (Å²) in [6.07, 6.45) is 10.7. The van der Waals surface area contributed by atoms with Crippen LogP contribution < -0.4 is 5.32 Å². The third kappa shape index (κ3) is 2.60. The number of likely N-dealkylation sites (tertiary alicyclic amines) is 1. The summed E-state index contributed by atoms with van der Waals surface area (Å²) in [7, 11) is 0. The largest absolute Gasteiger partial charge is 0.395 e. The molecule has 1 amide bonds. The van der Waals surface area contributed by atoms with Crippen molar-refractivity contribution in [3.8, 4) is 0 Å². The minimum Gasteiger partial charge on any atom is -0.395 e. The molecule has 0 bridgehead atoms. The Bertz CT molecular complexity index is 353. The summed E-state index contributed by atoms with van der Waals surface area (Å²) in [4.78, 5) is 14.9. The van der Waals surface area contributed by atoms with Gasteiger partial charge in [-0.2, -0.15) is 0 Å². The molecule has 3 fully saturated rings. The van der Waals surface area contributed by atoms with Gasteiger partial charge in [0.2, 0.25) is 5.91 Å². The number of hydrogen-bond acceptors (Lipinski definition) is 3. The number of aliphatic hydroxyl groups excluding tert-OH is 1. The molecule has 0 atom stereocenters. The molecule has 3 rings (SSSR count). The molecular formula is C16H28N2O2. The zero-order valence-electron chi connectivity index (χ0n) is 12.5. The van der Waals surface area contributed by atoms with Crippen molar-refractivity contribution in [3.05, 3.63) is 0 Å². The maximum atomic E-state index is 12.3. The Kier molecular flexibility index (Phi) is 4.04. The number of rotatable bonds is 5. The fraction of sp³-hybridized carbons (Fsp3) is 0.938. The second kappa shape index (κ2) is 5.64. The first kappa shape index (κ1) is 14.3. The van der Waals surface area contributed by atoms with Gasteiger partial charge in [-0.3, -0.25) is 9.69 Å². The van der Waals surface area contributed by atoms with Crippen LogP contribution >= 0.6 is 0 Å². The third-order valence-corrected chi connectivity index (χ3v) is 5.78. The van der Waals surface area contributed by atoms with Crippen LogP contribution in [0.4, 0.5) is 0 Å². The van der Waals surface area contributed by atoms with Crippen LogP contribution in [0.3, 0.4) is 0 Å². The molecule has 0 spiro atoms. The van der Waals surface area contributed by atoms with Crippen LogP contribution in [0, 0.1) is 5.41 Å². The first-order valence-corrected chi connectivity index (χ1v) is 8.35. The zero-order valence-corrected chi connectivity index (χ0v) is 12.5. The quantitative estimate of drug-likeness (QED) is 0.805. The fourth-order valence-corrected chi connectivity index (χ4v) is 4.05. The summed E-state index contributed by atoms with van der Waals surface area (Å²) < 4.78 is 0. The van der Waals surface area contributed by atoms with Crippen LogP contribution in [0.25, 0.3) is 0 Å². The molecule has 1 aliphatic heterocycles. The summed E-state index contributed by atoms with van der Waals surface area (Å²) in [5, 5.41) is 12.5. The number of nitrogens with one attached hydrogen (secondary N) is 1. The van der Waals surface area contributed by atoms with Gasteiger partial charge in [0.05, 0.1) is 12.0 Å².